The minimum absolute atomic E-state index is 0.0663. The van der Waals surface area contributed by atoms with Crippen LogP contribution in [0.2, 0.25) is 0 Å². The molecule has 0 unspecified atom stereocenters. The molecule has 1 N–H and O–H groups in total. The summed E-state index contributed by atoms with van der Waals surface area (Å²) in [5.41, 5.74) is 0.901. The molecule has 0 atom stereocenters. The summed E-state index contributed by atoms with van der Waals surface area (Å²) < 4.78 is 28.4. The van der Waals surface area contributed by atoms with E-state index in [-0.39, 0.29) is 5.41 Å². The Morgan fingerprint density at radius 1 is 1.35 bits per heavy atom. The van der Waals surface area contributed by atoms with Gasteiger partial charge in [-0.1, -0.05) is 27.7 Å². The lowest BCUT2D eigenvalue weighted by atomic mass is 9.97. The molecule has 0 amide bonds. The zero-order chi connectivity index (χ0) is 15.6. The van der Waals surface area contributed by atoms with Gasteiger partial charge in [0.2, 0.25) is 10.0 Å². The molecule has 0 spiro atoms. The molecule has 0 aliphatic carbocycles. The third-order valence-electron chi connectivity index (χ3n) is 3.04. The minimum Gasteiger partial charge on any atom is -0.352 e. The van der Waals surface area contributed by atoms with Gasteiger partial charge in [-0.15, -0.1) is 0 Å². The first-order valence-corrected chi connectivity index (χ1v) is 8.34. The SMILES string of the molecule is CCNCc1cc(S(=O)(=O)N(C)CC(C)(C)C)cn1C. The Bertz CT molecular complexity index is 541. The maximum Gasteiger partial charge on any atom is 0.244 e. The van der Waals surface area contributed by atoms with Crippen LogP contribution in [0.25, 0.3) is 0 Å². The van der Waals surface area contributed by atoms with Crippen molar-refractivity contribution >= 4 is 10.0 Å². The number of nitrogens with one attached hydrogen (secondary N) is 1. The van der Waals surface area contributed by atoms with Crippen LogP contribution in [0.4, 0.5) is 0 Å². The summed E-state index contributed by atoms with van der Waals surface area (Å²) in [6.07, 6.45) is 1.68. The van der Waals surface area contributed by atoms with Crippen molar-refractivity contribution < 1.29 is 8.42 Å². The summed E-state index contributed by atoms with van der Waals surface area (Å²) in [6.45, 7) is 10.1. The van der Waals surface area contributed by atoms with Gasteiger partial charge in [-0.05, 0) is 18.0 Å². The summed E-state index contributed by atoms with van der Waals surface area (Å²) in [5.74, 6) is 0. The second-order valence-corrected chi connectivity index (χ2v) is 8.43. The fourth-order valence-corrected chi connectivity index (χ4v) is 3.57. The predicted octanol–water partition coefficient (Wildman–Crippen LogP) is 1.80. The standard InChI is InChI=1S/C14H27N3O2S/c1-7-15-9-12-8-13(10-16(12)5)20(18,19)17(6)11-14(2,3)4/h8,10,15H,7,9,11H2,1-6H3. The van der Waals surface area contributed by atoms with Gasteiger partial charge in [0.05, 0.1) is 0 Å². The number of aryl methyl sites for hydroxylation is 1. The Balaban J connectivity index is 2.98. The molecule has 0 aliphatic rings. The fourth-order valence-electron chi connectivity index (χ4n) is 2.08. The van der Waals surface area contributed by atoms with Gasteiger partial charge in [0, 0.05) is 39.1 Å². The van der Waals surface area contributed by atoms with Crippen LogP contribution in [-0.4, -0.2) is 37.4 Å². The van der Waals surface area contributed by atoms with Gasteiger partial charge < -0.3 is 9.88 Å². The summed E-state index contributed by atoms with van der Waals surface area (Å²) in [5, 5.41) is 3.21. The number of rotatable bonds is 6. The van der Waals surface area contributed by atoms with Crippen LogP contribution in [0, 0.1) is 5.41 Å². The van der Waals surface area contributed by atoms with Crippen molar-refractivity contribution in [1.29, 1.82) is 0 Å². The Morgan fingerprint density at radius 3 is 2.45 bits per heavy atom. The maximum absolute atomic E-state index is 12.5. The van der Waals surface area contributed by atoms with Crippen LogP contribution >= 0.6 is 0 Å². The molecule has 6 heteroatoms. The van der Waals surface area contributed by atoms with Gasteiger partial charge in [0.15, 0.2) is 0 Å². The van der Waals surface area contributed by atoms with Crippen LogP contribution in [0.5, 0.6) is 0 Å². The Morgan fingerprint density at radius 2 is 1.95 bits per heavy atom. The highest BCUT2D eigenvalue weighted by Crippen LogP contribution is 2.22. The van der Waals surface area contributed by atoms with Crippen LogP contribution in [-0.2, 0) is 23.6 Å². The first-order valence-electron chi connectivity index (χ1n) is 6.90. The van der Waals surface area contributed by atoms with Gasteiger partial charge in [0.25, 0.3) is 0 Å². The van der Waals surface area contributed by atoms with E-state index in [1.54, 1.807) is 19.3 Å². The number of hydrogen-bond donors (Lipinski definition) is 1. The Kier molecular flexibility index (Phi) is 5.40. The zero-order valence-corrected chi connectivity index (χ0v) is 14.2. The number of hydrogen-bond acceptors (Lipinski definition) is 3. The van der Waals surface area contributed by atoms with E-state index in [0.717, 1.165) is 12.2 Å². The summed E-state index contributed by atoms with van der Waals surface area (Å²) in [4.78, 5) is 0.361. The molecular weight excluding hydrogens is 274 g/mol. The molecule has 116 valence electrons. The smallest absolute Gasteiger partial charge is 0.244 e. The molecule has 0 bridgehead atoms. The van der Waals surface area contributed by atoms with Crippen LogP contribution in [0.3, 0.4) is 0 Å². The van der Waals surface area contributed by atoms with E-state index in [9.17, 15) is 8.42 Å². The lowest BCUT2D eigenvalue weighted by Crippen LogP contribution is -2.34. The molecule has 0 radical (unpaired) electrons. The van der Waals surface area contributed by atoms with Crippen molar-refractivity contribution in [3.8, 4) is 0 Å². The molecular formula is C14H27N3O2S. The normalized spacial score (nSPS) is 13.2. The maximum atomic E-state index is 12.5. The largest absolute Gasteiger partial charge is 0.352 e. The fraction of sp³-hybridized carbons (Fsp3) is 0.714. The summed E-state index contributed by atoms with van der Waals surface area (Å²) >= 11 is 0. The molecule has 1 aromatic rings. The monoisotopic (exact) mass is 301 g/mol. The van der Waals surface area contributed by atoms with Gasteiger partial charge in [0.1, 0.15) is 4.90 Å². The molecule has 0 saturated carbocycles. The minimum atomic E-state index is -3.41. The van der Waals surface area contributed by atoms with Gasteiger partial charge >= 0.3 is 0 Å². The summed E-state index contributed by atoms with van der Waals surface area (Å²) in [6, 6.07) is 1.75. The first-order chi connectivity index (χ1) is 9.08. The van der Waals surface area contributed by atoms with Crippen LogP contribution in [0.1, 0.15) is 33.4 Å². The highest BCUT2D eigenvalue weighted by Gasteiger charge is 2.26. The van der Waals surface area contributed by atoms with Crippen molar-refractivity contribution in [3.63, 3.8) is 0 Å². The van der Waals surface area contributed by atoms with E-state index >= 15 is 0 Å². The second-order valence-electron chi connectivity index (χ2n) is 6.38. The van der Waals surface area contributed by atoms with Crippen molar-refractivity contribution in [1.82, 2.24) is 14.2 Å². The average molecular weight is 301 g/mol. The van der Waals surface area contributed by atoms with Crippen molar-refractivity contribution in [2.45, 2.75) is 39.1 Å². The van der Waals surface area contributed by atoms with Crippen molar-refractivity contribution in [2.75, 3.05) is 20.1 Å². The average Bonchev–Trinajstić information content (AvgIpc) is 2.66. The second kappa shape index (κ2) is 6.28. The van der Waals surface area contributed by atoms with Crippen LogP contribution in [0.15, 0.2) is 17.2 Å². The van der Waals surface area contributed by atoms with E-state index in [0.29, 0.717) is 18.0 Å². The number of aromatic nitrogens is 1. The predicted molar refractivity (Wildman–Crippen MR) is 82.1 cm³/mol. The van der Waals surface area contributed by atoms with Crippen LogP contribution < -0.4 is 5.32 Å². The third kappa shape index (κ3) is 4.33. The summed E-state index contributed by atoms with van der Waals surface area (Å²) in [7, 11) is 0.0928. The van der Waals surface area contributed by atoms with E-state index in [4.69, 9.17) is 0 Å². The lowest BCUT2D eigenvalue weighted by molar-refractivity contribution is 0.311. The van der Waals surface area contributed by atoms with Gasteiger partial charge in [-0.2, -0.15) is 0 Å². The number of sulfonamides is 1. The van der Waals surface area contributed by atoms with E-state index in [1.807, 2.05) is 39.3 Å². The molecule has 0 fully saturated rings. The van der Waals surface area contributed by atoms with E-state index in [2.05, 4.69) is 5.32 Å². The molecule has 1 aromatic heterocycles. The first kappa shape index (κ1) is 17.2. The van der Waals surface area contributed by atoms with E-state index < -0.39 is 10.0 Å². The molecule has 1 rings (SSSR count). The van der Waals surface area contributed by atoms with E-state index in [1.165, 1.54) is 4.31 Å². The molecule has 1 heterocycles. The van der Waals surface area contributed by atoms with Crippen molar-refractivity contribution in [2.24, 2.45) is 12.5 Å². The quantitative estimate of drug-likeness (QED) is 0.872. The highest BCUT2D eigenvalue weighted by atomic mass is 32.2. The number of nitrogens with zero attached hydrogens (tertiary/aromatic N) is 2. The molecule has 0 aliphatic heterocycles. The zero-order valence-electron chi connectivity index (χ0n) is 13.4. The van der Waals surface area contributed by atoms with Crippen molar-refractivity contribution in [3.05, 3.63) is 18.0 Å². The third-order valence-corrected chi connectivity index (χ3v) is 4.81. The van der Waals surface area contributed by atoms with Gasteiger partial charge in [-0.25, -0.2) is 12.7 Å². The molecule has 0 saturated heterocycles. The molecule has 20 heavy (non-hydrogen) atoms. The molecule has 5 nitrogen and oxygen atoms in total. The van der Waals surface area contributed by atoms with Gasteiger partial charge in [-0.3, -0.25) is 0 Å². The Hall–Kier alpha value is -0.850. The lowest BCUT2D eigenvalue weighted by Gasteiger charge is -2.25. The Labute approximate surface area is 123 Å². The molecule has 0 aromatic carbocycles. The highest BCUT2D eigenvalue weighted by molar-refractivity contribution is 7.89. The topological polar surface area (TPSA) is 54.3 Å².